The number of nitrogens with one attached hydrogen (secondary N) is 1. The predicted molar refractivity (Wildman–Crippen MR) is 74.9 cm³/mol. The van der Waals surface area contributed by atoms with Gasteiger partial charge in [-0.1, -0.05) is 11.3 Å². The lowest BCUT2D eigenvalue weighted by Crippen LogP contribution is -2.17. The molecule has 10 heteroatoms. The van der Waals surface area contributed by atoms with Crippen molar-refractivity contribution in [3.05, 3.63) is 40.4 Å². The average molecular weight is 346 g/mol. The summed E-state index contributed by atoms with van der Waals surface area (Å²) < 4.78 is 39.8. The molecule has 0 saturated carbocycles. The fraction of sp³-hybridized carbons (Fsp3) is 0.154. The number of aryl methyl sites for hydroxylation is 1. The minimum Gasteiger partial charge on any atom is -0.477 e. The van der Waals surface area contributed by atoms with Crippen LogP contribution in [0.15, 0.2) is 24.3 Å². The molecule has 0 fully saturated rings. The zero-order valence-electron chi connectivity index (χ0n) is 11.5. The second-order valence-electron chi connectivity index (χ2n) is 4.27. The van der Waals surface area contributed by atoms with Gasteiger partial charge >= 0.3 is 12.3 Å². The monoisotopic (exact) mass is 346 g/mol. The van der Waals surface area contributed by atoms with E-state index in [1.807, 2.05) is 0 Å². The quantitative estimate of drug-likeness (QED) is 0.887. The highest BCUT2D eigenvalue weighted by atomic mass is 32.1. The first kappa shape index (κ1) is 16.7. The number of amides is 1. The highest BCUT2D eigenvalue weighted by Crippen LogP contribution is 2.25. The van der Waals surface area contributed by atoms with E-state index in [4.69, 9.17) is 5.11 Å². The SMILES string of the molecule is Cc1nc(NC(=O)c2ccc(OC(F)(F)F)cc2)sc1C(=O)O. The molecule has 2 aromatic rings. The zero-order chi connectivity index (χ0) is 17.2. The van der Waals surface area contributed by atoms with Crippen LogP contribution in [0.1, 0.15) is 25.7 Å². The first-order valence-corrected chi connectivity index (χ1v) is 6.85. The number of hydrogen-bond acceptors (Lipinski definition) is 5. The van der Waals surface area contributed by atoms with E-state index in [-0.39, 0.29) is 21.3 Å². The lowest BCUT2D eigenvalue weighted by molar-refractivity contribution is -0.274. The van der Waals surface area contributed by atoms with E-state index < -0.39 is 24.0 Å². The Bertz CT molecular complexity index is 741. The topological polar surface area (TPSA) is 88.5 Å². The number of carbonyl (C=O) groups is 2. The molecule has 1 aromatic carbocycles. The molecular formula is C13H9F3N2O4S. The van der Waals surface area contributed by atoms with Crippen LogP contribution in [0.4, 0.5) is 18.3 Å². The summed E-state index contributed by atoms with van der Waals surface area (Å²) in [4.78, 5) is 26.7. The van der Waals surface area contributed by atoms with Gasteiger partial charge in [0.2, 0.25) is 0 Å². The van der Waals surface area contributed by atoms with E-state index in [1.54, 1.807) is 0 Å². The van der Waals surface area contributed by atoms with E-state index in [0.29, 0.717) is 0 Å². The predicted octanol–water partition coefficient (Wildman–Crippen LogP) is 3.30. The van der Waals surface area contributed by atoms with Crippen molar-refractivity contribution in [2.45, 2.75) is 13.3 Å². The number of benzene rings is 1. The highest BCUT2D eigenvalue weighted by Gasteiger charge is 2.31. The molecule has 1 heterocycles. The summed E-state index contributed by atoms with van der Waals surface area (Å²) in [5, 5.41) is 11.4. The Kier molecular flexibility index (Phi) is 4.55. The van der Waals surface area contributed by atoms with Crippen molar-refractivity contribution in [3.8, 4) is 5.75 Å². The van der Waals surface area contributed by atoms with Crippen molar-refractivity contribution in [3.63, 3.8) is 0 Å². The maximum atomic E-state index is 12.0. The molecule has 0 aliphatic carbocycles. The number of anilines is 1. The zero-order valence-corrected chi connectivity index (χ0v) is 12.3. The van der Waals surface area contributed by atoms with E-state index in [1.165, 1.54) is 6.92 Å². The number of rotatable bonds is 4. The molecule has 2 N–H and O–H groups in total. The van der Waals surface area contributed by atoms with Crippen LogP contribution in [0, 0.1) is 6.92 Å². The normalized spacial score (nSPS) is 11.1. The first-order valence-electron chi connectivity index (χ1n) is 6.03. The van der Waals surface area contributed by atoms with Gasteiger partial charge in [-0.25, -0.2) is 9.78 Å². The molecule has 0 radical (unpaired) electrons. The molecule has 0 spiro atoms. The maximum absolute atomic E-state index is 12.0. The van der Waals surface area contributed by atoms with Gasteiger partial charge in [0.05, 0.1) is 5.69 Å². The smallest absolute Gasteiger partial charge is 0.477 e. The summed E-state index contributed by atoms with van der Waals surface area (Å²) in [5.74, 6) is -2.24. The molecule has 0 bridgehead atoms. The van der Waals surface area contributed by atoms with Gasteiger partial charge in [0.25, 0.3) is 5.91 Å². The molecule has 122 valence electrons. The Labute approximate surface area is 131 Å². The molecule has 2 rings (SSSR count). The highest BCUT2D eigenvalue weighted by molar-refractivity contribution is 7.17. The fourth-order valence-corrected chi connectivity index (χ4v) is 2.43. The van der Waals surface area contributed by atoms with E-state index in [2.05, 4.69) is 15.0 Å². The first-order chi connectivity index (χ1) is 10.7. The van der Waals surface area contributed by atoms with Crippen LogP contribution in [0.25, 0.3) is 0 Å². The number of aromatic carboxylic acids is 1. The van der Waals surface area contributed by atoms with Gasteiger partial charge < -0.3 is 9.84 Å². The maximum Gasteiger partial charge on any atom is 0.573 e. The molecule has 6 nitrogen and oxygen atoms in total. The van der Waals surface area contributed by atoms with Gasteiger partial charge in [-0.3, -0.25) is 10.1 Å². The van der Waals surface area contributed by atoms with Crippen LogP contribution < -0.4 is 10.1 Å². The van der Waals surface area contributed by atoms with Crippen molar-refractivity contribution in [2.24, 2.45) is 0 Å². The third kappa shape index (κ3) is 4.42. The average Bonchev–Trinajstić information content (AvgIpc) is 2.78. The number of alkyl halides is 3. The van der Waals surface area contributed by atoms with Gasteiger partial charge in [-0.05, 0) is 31.2 Å². The lowest BCUT2D eigenvalue weighted by Gasteiger charge is -2.09. The number of halogens is 3. The molecule has 1 aromatic heterocycles. The number of nitrogens with zero attached hydrogens (tertiary/aromatic N) is 1. The van der Waals surface area contributed by atoms with Gasteiger partial charge in [0, 0.05) is 5.56 Å². The van der Waals surface area contributed by atoms with Crippen LogP contribution in [0.5, 0.6) is 5.75 Å². The van der Waals surface area contributed by atoms with Crippen molar-refractivity contribution in [2.75, 3.05) is 5.32 Å². The number of thiazole rings is 1. The minimum atomic E-state index is -4.81. The van der Waals surface area contributed by atoms with Gasteiger partial charge in [-0.2, -0.15) is 0 Å². The molecule has 0 aliphatic rings. The second-order valence-corrected chi connectivity index (χ2v) is 5.26. The van der Waals surface area contributed by atoms with Crippen LogP contribution >= 0.6 is 11.3 Å². The molecule has 23 heavy (non-hydrogen) atoms. The minimum absolute atomic E-state index is 0.00535. The number of hydrogen-bond donors (Lipinski definition) is 2. The summed E-state index contributed by atoms with van der Waals surface area (Å²) in [5.41, 5.74) is 0.330. The number of aromatic nitrogens is 1. The largest absolute Gasteiger partial charge is 0.573 e. The molecule has 0 aliphatic heterocycles. The van der Waals surface area contributed by atoms with Crippen LogP contribution in [0.2, 0.25) is 0 Å². The Morgan fingerprint density at radius 3 is 2.35 bits per heavy atom. The van der Waals surface area contributed by atoms with Gasteiger partial charge in [0.15, 0.2) is 5.13 Å². The van der Waals surface area contributed by atoms with Crippen LogP contribution in [0.3, 0.4) is 0 Å². The Morgan fingerprint density at radius 2 is 1.87 bits per heavy atom. The summed E-state index contributed by atoms with van der Waals surface area (Å²) in [6.07, 6.45) is -4.81. The van der Waals surface area contributed by atoms with E-state index in [9.17, 15) is 22.8 Å². The second kappa shape index (κ2) is 6.24. The lowest BCUT2D eigenvalue weighted by atomic mass is 10.2. The van der Waals surface area contributed by atoms with E-state index in [0.717, 1.165) is 35.6 Å². The summed E-state index contributed by atoms with van der Waals surface area (Å²) in [7, 11) is 0. The summed E-state index contributed by atoms with van der Waals surface area (Å²) >= 11 is 0.786. The van der Waals surface area contributed by atoms with Gasteiger partial charge in [0.1, 0.15) is 10.6 Å². The number of ether oxygens (including phenoxy) is 1. The van der Waals surface area contributed by atoms with E-state index >= 15 is 0 Å². The Hall–Kier alpha value is -2.62. The molecule has 0 atom stereocenters. The van der Waals surface area contributed by atoms with Crippen molar-refractivity contribution >= 4 is 28.3 Å². The van der Waals surface area contributed by atoms with Crippen molar-refractivity contribution in [1.29, 1.82) is 0 Å². The van der Waals surface area contributed by atoms with Crippen LogP contribution in [-0.2, 0) is 0 Å². The number of carboxylic acid groups (broad SMARTS) is 1. The number of carboxylic acids is 1. The van der Waals surface area contributed by atoms with Crippen LogP contribution in [-0.4, -0.2) is 28.3 Å². The molecule has 0 saturated heterocycles. The van der Waals surface area contributed by atoms with Crippen molar-refractivity contribution in [1.82, 2.24) is 4.98 Å². The molecule has 1 amide bonds. The third-order valence-corrected chi connectivity index (χ3v) is 3.62. The molecular weight excluding hydrogens is 337 g/mol. The summed E-state index contributed by atoms with van der Waals surface area (Å²) in [6, 6.07) is 4.29. The number of carbonyl (C=O) groups excluding carboxylic acids is 1. The third-order valence-electron chi connectivity index (χ3n) is 2.56. The fourth-order valence-electron chi connectivity index (χ4n) is 1.63. The van der Waals surface area contributed by atoms with Crippen molar-refractivity contribution < 1.29 is 32.6 Å². The molecule has 0 unspecified atom stereocenters. The van der Waals surface area contributed by atoms with Gasteiger partial charge in [-0.15, -0.1) is 13.2 Å². The Morgan fingerprint density at radius 1 is 1.26 bits per heavy atom. The Balaban J connectivity index is 2.09. The summed E-state index contributed by atoms with van der Waals surface area (Å²) in [6.45, 7) is 1.48. The standard InChI is InChI=1S/C13H9F3N2O4S/c1-6-9(11(20)21)23-12(17-6)18-10(19)7-2-4-8(5-3-7)22-13(14,15)16/h2-5H,1H3,(H,20,21)(H,17,18,19).